The predicted octanol–water partition coefficient (Wildman–Crippen LogP) is 2.65. The molecule has 1 aliphatic rings. The molecule has 0 saturated carbocycles. The van der Waals surface area contributed by atoms with E-state index in [0.29, 0.717) is 6.54 Å². The van der Waals surface area contributed by atoms with Crippen molar-refractivity contribution < 1.29 is 14.7 Å². The van der Waals surface area contributed by atoms with Gasteiger partial charge in [0.15, 0.2) is 0 Å². The van der Waals surface area contributed by atoms with Crippen molar-refractivity contribution in [3.8, 4) is 0 Å². The Kier molecular flexibility index (Phi) is 3.70. The molecule has 0 aliphatic carbocycles. The van der Waals surface area contributed by atoms with Crippen LogP contribution in [0.4, 0.5) is 10.5 Å². The number of rotatable bonds is 3. The Bertz CT molecular complexity index is 579. The summed E-state index contributed by atoms with van der Waals surface area (Å²) in [5.41, 5.74) is 0.108. The lowest BCUT2D eigenvalue weighted by Crippen LogP contribution is -2.59. The van der Waals surface area contributed by atoms with Gasteiger partial charge >= 0.3 is 12.0 Å². The van der Waals surface area contributed by atoms with Crippen LogP contribution in [0.15, 0.2) is 24.3 Å². The van der Waals surface area contributed by atoms with Crippen LogP contribution in [0.1, 0.15) is 33.3 Å². The first-order valence-electron chi connectivity index (χ1n) is 7.08. The summed E-state index contributed by atoms with van der Waals surface area (Å²) in [5.74, 6) is -0.936. The van der Waals surface area contributed by atoms with E-state index in [1.807, 2.05) is 24.3 Å². The third-order valence-electron chi connectivity index (χ3n) is 4.65. The van der Waals surface area contributed by atoms with Gasteiger partial charge in [0.1, 0.15) is 0 Å². The maximum Gasteiger partial charge on any atom is 0.322 e. The molecular weight excluding hydrogens is 268 g/mol. The van der Waals surface area contributed by atoms with E-state index in [1.165, 1.54) is 0 Å². The van der Waals surface area contributed by atoms with Crippen molar-refractivity contribution in [2.24, 2.45) is 5.41 Å². The lowest BCUT2D eigenvalue weighted by Gasteiger charge is -2.39. The molecule has 114 valence electrons. The molecule has 0 bridgehead atoms. The van der Waals surface area contributed by atoms with Gasteiger partial charge in [0.05, 0.1) is 11.0 Å². The van der Waals surface area contributed by atoms with Crippen molar-refractivity contribution in [2.45, 2.75) is 39.7 Å². The molecule has 1 aromatic carbocycles. The smallest absolute Gasteiger partial charge is 0.322 e. The summed E-state index contributed by atoms with van der Waals surface area (Å²) in [6.45, 7) is 7.33. The fraction of sp³-hybridized carbons (Fsp3) is 0.500. The molecule has 5 nitrogen and oxygen atoms in total. The lowest BCUT2D eigenvalue weighted by atomic mass is 9.74. The number of aliphatic carboxylic acids is 1. The minimum absolute atomic E-state index is 0.251. The SMILES string of the molecule is CC(C)(NC(=O)N1CCc2ccccc21)C(C)(C)C(=O)O. The first-order chi connectivity index (χ1) is 9.67. The molecule has 2 amide bonds. The molecule has 0 fully saturated rings. The van der Waals surface area contributed by atoms with Crippen LogP contribution in [0.25, 0.3) is 0 Å². The van der Waals surface area contributed by atoms with Gasteiger partial charge in [0, 0.05) is 12.2 Å². The average Bonchev–Trinajstić information content (AvgIpc) is 2.81. The number of fused-ring (bicyclic) bond motifs is 1. The van der Waals surface area contributed by atoms with Crippen LogP contribution in [0.2, 0.25) is 0 Å². The normalized spacial score (nSPS) is 14.8. The number of nitrogens with one attached hydrogen (secondary N) is 1. The third kappa shape index (κ3) is 2.60. The fourth-order valence-corrected chi connectivity index (χ4v) is 2.31. The summed E-state index contributed by atoms with van der Waals surface area (Å²) in [6, 6.07) is 7.53. The predicted molar refractivity (Wildman–Crippen MR) is 81.5 cm³/mol. The van der Waals surface area contributed by atoms with Gasteiger partial charge < -0.3 is 10.4 Å². The van der Waals surface area contributed by atoms with Gasteiger partial charge in [-0.1, -0.05) is 18.2 Å². The number of urea groups is 1. The van der Waals surface area contributed by atoms with Crippen molar-refractivity contribution in [3.63, 3.8) is 0 Å². The molecule has 1 heterocycles. The maximum atomic E-state index is 12.5. The summed E-state index contributed by atoms with van der Waals surface area (Å²) in [5, 5.41) is 12.2. The first kappa shape index (κ1) is 15.4. The summed E-state index contributed by atoms with van der Waals surface area (Å²) in [4.78, 5) is 25.6. The van der Waals surface area contributed by atoms with Gasteiger partial charge in [0.25, 0.3) is 0 Å². The zero-order valence-corrected chi connectivity index (χ0v) is 12.9. The molecule has 5 heteroatoms. The van der Waals surface area contributed by atoms with E-state index < -0.39 is 16.9 Å². The second-order valence-electron chi connectivity index (χ2n) is 6.52. The topological polar surface area (TPSA) is 69.6 Å². The van der Waals surface area contributed by atoms with Crippen LogP contribution in [-0.4, -0.2) is 29.2 Å². The third-order valence-corrected chi connectivity index (χ3v) is 4.65. The second kappa shape index (κ2) is 5.06. The number of anilines is 1. The molecule has 0 aromatic heterocycles. The van der Waals surface area contributed by atoms with Crippen LogP contribution < -0.4 is 10.2 Å². The Morgan fingerprint density at radius 3 is 2.43 bits per heavy atom. The van der Waals surface area contributed by atoms with E-state index in [2.05, 4.69) is 5.32 Å². The molecule has 21 heavy (non-hydrogen) atoms. The van der Waals surface area contributed by atoms with Gasteiger partial charge in [-0.2, -0.15) is 0 Å². The van der Waals surface area contributed by atoms with Crippen molar-refractivity contribution >= 4 is 17.7 Å². The Balaban J connectivity index is 2.18. The number of carboxylic acids is 1. The Hall–Kier alpha value is -2.04. The van der Waals surface area contributed by atoms with Crippen LogP contribution in [0.5, 0.6) is 0 Å². The summed E-state index contributed by atoms with van der Waals surface area (Å²) < 4.78 is 0. The minimum atomic E-state index is -1.07. The summed E-state index contributed by atoms with van der Waals surface area (Å²) >= 11 is 0. The monoisotopic (exact) mass is 290 g/mol. The summed E-state index contributed by atoms with van der Waals surface area (Å²) in [6.07, 6.45) is 0.826. The van der Waals surface area contributed by atoms with Crippen molar-refractivity contribution in [3.05, 3.63) is 29.8 Å². The van der Waals surface area contributed by atoms with Crippen LogP contribution in [0, 0.1) is 5.41 Å². The Labute approximate surface area is 125 Å². The number of carbonyl (C=O) groups is 2. The highest BCUT2D eigenvalue weighted by molar-refractivity contribution is 5.95. The van der Waals surface area contributed by atoms with E-state index in [9.17, 15) is 14.7 Å². The van der Waals surface area contributed by atoms with Gasteiger partial charge in [-0.3, -0.25) is 9.69 Å². The standard InChI is InChI=1S/C16H22N2O3/c1-15(2,13(19)20)16(3,4)17-14(21)18-10-9-11-7-5-6-8-12(11)18/h5-8H,9-10H2,1-4H3,(H,17,21)(H,19,20). The number of hydrogen-bond acceptors (Lipinski definition) is 2. The van der Waals surface area contributed by atoms with E-state index in [4.69, 9.17) is 0 Å². The Morgan fingerprint density at radius 2 is 1.81 bits per heavy atom. The van der Waals surface area contributed by atoms with Crippen molar-refractivity contribution in [1.82, 2.24) is 5.32 Å². The number of benzene rings is 1. The van der Waals surface area contributed by atoms with Gasteiger partial charge in [-0.15, -0.1) is 0 Å². The zero-order valence-electron chi connectivity index (χ0n) is 12.9. The van der Waals surface area contributed by atoms with E-state index in [-0.39, 0.29) is 6.03 Å². The molecular formula is C16H22N2O3. The average molecular weight is 290 g/mol. The molecule has 1 aliphatic heterocycles. The second-order valence-corrected chi connectivity index (χ2v) is 6.52. The number of carbonyl (C=O) groups excluding carboxylic acids is 1. The zero-order chi connectivity index (χ0) is 15.8. The number of amides is 2. The molecule has 1 aromatic rings. The van der Waals surface area contributed by atoms with Crippen LogP contribution in [-0.2, 0) is 11.2 Å². The van der Waals surface area contributed by atoms with Crippen molar-refractivity contribution in [2.75, 3.05) is 11.4 Å². The minimum Gasteiger partial charge on any atom is -0.481 e. The van der Waals surface area contributed by atoms with Crippen LogP contribution in [0.3, 0.4) is 0 Å². The van der Waals surface area contributed by atoms with Gasteiger partial charge in [0.2, 0.25) is 0 Å². The van der Waals surface area contributed by atoms with E-state index >= 15 is 0 Å². The largest absolute Gasteiger partial charge is 0.481 e. The molecule has 0 atom stereocenters. The van der Waals surface area contributed by atoms with Gasteiger partial charge in [-0.25, -0.2) is 4.79 Å². The quantitative estimate of drug-likeness (QED) is 0.899. The van der Waals surface area contributed by atoms with Gasteiger partial charge in [-0.05, 0) is 45.7 Å². The molecule has 2 rings (SSSR count). The highest BCUT2D eigenvalue weighted by Gasteiger charge is 2.45. The molecule has 2 N–H and O–H groups in total. The number of para-hydroxylation sites is 1. The Morgan fingerprint density at radius 1 is 1.19 bits per heavy atom. The highest BCUT2D eigenvalue weighted by atomic mass is 16.4. The maximum absolute atomic E-state index is 12.5. The highest BCUT2D eigenvalue weighted by Crippen LogP contribution is 2.32. The fourth-order valence-electron chi connectivity index (χ4n) is 2.31. The number of hydrogen-bond donors (Lipinski definition) is 2. The first-order valence-corrected chi connectivity index (χ1v) is 7.08. The number of nitrogens with zero attached hydrogens (tertiary/aromatic N) is 1. The molecule has 0 radical (unpaired) electrons. The lowest BCUT2D eigenvalue weighted by molar-refractivity contribution is -0.150. The summed E-state index contributed by atoms with van der Waals surface area (Å²) in [7, 11) is 0. The molecule has 0 unspecified atom stereocenters. The molecule has 0 spiro atoms. The van der Waals surface area contributed by atoms with Crippen LogP contribution >= 0.6 is 0 Å². The molecule has 0 saturated heterocycles. The van der Waals surface area contributed by atoms with Crippen molar-refractivity contribution in [1.29, 1.82) is 0 Å². The number of carboxylic acid groups (broad SMARTS) is 1. The van der Waals surface area contributed by atoms with E-state index in [1.54, 1.807) is 32.6 Å². The van der Waals surface area contributed by atoms with E-state index in [0.717, 1.165) is 17.7 Å².